The van der Waals surface area contributed by atoms with E-state index in [-0.39, 0.29) is 5.41 Å². The van der Waals surface area contributed by atoms with Crippen molar-refractivity contribution in [3.05, 3.63) is 144 Å². The van der Waals surface area contributed by atoms with E-state index in [1.807, 2.05) is 0 Å². The summed E-state index contributed by atoms with van der Waals surface area (Å²) in [6.45, 7) is 0.710. The highest BCUT2D eigenvalue weighted by Crippen LogP contribution is 2.49. The zero-order chi connectivity index (χ0) is 23.7. The van der Waals surface area contributed by atoms with Gasteiger partial charge in [-0.25, -0.2) is 0 Å². The maximum absolute atomic E-state index is 5.94. The Morgan fingerprint density at radius 2 is 0.800 bits per heavy atom. The first-order valence-electron chi connectivity index (χ1n) is 12.3. The van der Waals surface area contributed by atoms with Crippen LogP contribution in [0.15, 0.2) is 127 Å². The Balaban J connectivity index is 1.83. The second-order valence-electron chi connectivity index (χ2n) is 9.23. The van der Waals surface area contributed by atoms with Gasteiger partial charge in [0.05, 0.1) is 0 Å². The minimum absolute atomic E-state index is 0.382. The van der Waals surface area contributed by atoms with Crippen molar-refractivity contribution in [1.82, 2.24) is 0 Å². The zero-order valence-corrected chi connectivity index (χ0v) is 21.9. The lowest BCUT2D eigenvalue weighted by molar-refractivity contribution is 0.313. The fourth-order valence-corrected chi connectivity index (χ4v) is 6.09. The molecule has 0 heterocycles. The van der Waals surface area contributed by atoms with E-state index < -0.39 is 0 Å². The third-order valence-electron chi connectivity index (χ3n) is 7.43. The molecule has 0 bridgehead atoms. The minimum Gasteiger partial charge on any atom is -0.428 e. The van der Waals surface area contributed by atoms with E-state index >= 15 is 0 Å². The van der Waals surface area contributed by atoms with Crippen LogP contribution in [0.4, 0.5) is 0 Å². The van der Waals surface area contributed by atoms with Crippen molar-refractivity contribution in [2.45, 2.75) is 11.8 Å². The van der Waals surface area contributed by atoms with Gasteiger partial charge in [0.1, 0.15) is 10.5 Å². The van der Waals surface area contributed by atoms with Gasteiger partial charge < -0.3 is 4.43 Å². The van der Waals surface area contributed by atoms with E-state index in [2.05, 4.69) is 127 Å². The van der Waals surface area contributed by atoms with Crippen LogP contribution >= 0.6 is 0 Å². The molecule has 6 rings (SSSR count). The highest BCUT2D eigenvalue weighted by molar-refractivity contribution is 5.98. The summed E-state index contributed by atoms with van der Waals surface area (Å²) in [7, 11) is 0.722. The molecule has 35 heavy (non-hydrogen) atoms. The molecule has 0 aromatic heterocycles. The topological polar surface area (TPSA) is 9.23 Å². The monoisotopic (exact) mass is 468 g/mol. The molecule has 0 aliphatic rings. The molecule has 0 N–H and O–H groups in total. The van der Waals surface area contributed by atoms with Crippen LogP contribution in [0.1, 0.15) is 23.1 Å². The van der Waals surface area contributed by atoms with Gasteiger partial charge in [0.15, 0.2) is 0 Å². The van der Waals surface area contributed by atoms with Gasteiger partial charge in [-0.3, -0.25) is 0 Å². The van der Waals surface area contributed by atoms with E-state index in [1.165, 1.54) is 49.0 Å². The summed E-state index contributed by atoms with van der Waals surface area (Å²) in [6, 6.07) is 46.7. The Labute approximate surface area is 209 Å². The maximum Gasteiger partial charge on any atom is 0.145 e. The molecule has 0 unspecified atom stereocenters. The first kappa shape index (κ1) is 21.8. The SMILES string of the molecule is [SiH3]OCCC(c1cccc2ccccc12)(c1cccc2ccccc12)c1cccc2ccccc12. The Morgan fingerprint density at radius 3 is 1.17 bits per heavy atom. The van der Waals surface area contributed by atoms with Gasteiger partial charge in [-0.1, -0.05) is 127 Å². The normalized spacial score (nSPS) is 12.0. The molecule has 0 aliphatic heterocycles. The number of hydrogen-bond donors (Lipinski definition) is 0. The quantitative estimate of drug-likeness (QED) is 0.186. The lowest BCUT2D eigenvalue weighted by atomic mass is 9.64. The molecule has 0 aliphatic carbocycles. The maximum atomic E-state index is 5.94. The van der Waals surface area contributed by atoms with Crippen LogP contribution in [0.2, 0.25) is 0 Å². The molecule has 0 saturated carbocycles. The predicted molar refractivity (Wildman–Crippen MR) is 152 cm³/mol. The lowest BCUT2D eigenvalue weighted by Gasteiger charge is -2.38. The number of rotatable bonds is 6. The molecule has 0 amide bonds. The van der Waals surface area contributed by atoms with Crippen molar-refractivity contribution in [1.29, 1.82) is 0 Å². The van der Waals surface area contributed by atoms with Crippen molar-refractivity contribution in [3.8, 4) is 0 Å². The van der Waals surface area contributed by atoms with E-state index in [0.717, 1.165) is 16.9 Å². The average molecular weight is 469 g/mol. The van der Waals surface area contributed by atoms with Crippen LogP contribution in [0, 0.1) is 0 Å². The predicted octanol–water partition coefficient (Wildman–Crippen LogP) is 7.17. The average Bonchev–Trinajstić information content (AvgIpc) is 2.93. The van der Waals surface area contributed by atoms with Gasteiger partial charge >= 0.3 is 0 Å². The molecule has 0 radical (unpaired) electrons. The second-order valence-corrected chi connectivity index (χ2v) is 9.81. The third-order valence-corrected chi connectivity index (χ3v) is 7.84. The lowest BCUT2D eigenvalue weighted by Crippen LogP contribution is -2.32. The van der Waals surface area contributed by atoms with Crippen molar-refractivity contribution in [2.75, 3.05) is 6.61 Å². The van der Waals surface area contributed by atoms with Gasteiger partial charge in [-0.05, 0) is 55.4 Å². The van der Waals surface area contributed by atoms with Crippen molar-refractivity contribution >= 4 is 42.8 Å². The summed E-state index contributed by atoms with van der Waals surface area (Å²) in [5, 5.41) is 7.68. The van der Waals surface area contributed by atoms with Crippen LogP contribution in [0.3, 0.4) is 0 Å². The Hall–Kier alpha value is -3.72. The largest absolute Gasteiger partial charge is 0.428 e. The van der Waals surface area contributed by atoms with E-state index in [4.69, 9.17) is 4.43 Å². The highest BCUT2D eigenvalue weighted by atomic mass is 28.2. The van der Waals surface area contributed by atoms with Gasteiger partial charge in [0, 0.05) is 12.0 Å². The van der Waals surface area contributed by atoms with E-state index in [1.54, 1.807) is 0 Å². The number of fused-ring (bicyclic) bond motifs is 3. The van der Waals surface area contributed by atoms with Crippen LogP contribution < -0.4 is 0 Å². The van der Waals surface area contributed by atoms with Crippen molar-refractivity contribution < 1.29 is 4.43 Å². The van der Waals surface area contributed by atoms with Crippen LogP contribution in [0.5, 0.6) is 0 Å². The fraction of sp³-hybridized carbons (Fsp3) is 0.0909. The smallest absolute Gasteiger partial charge is 0.145 e. The Bertz CT molecular complexity index is 1450. The van der Waals surface area contributed by atoms with Crippen LogP contribution in [-0.4, -0.2) is 17.1 Å². The van der Waals surface area contributed by atoms with E-state index in [0.29, 0.717) is 6.61 Å². The van der Waals surface area contributed by atoms with Crippen LogP contribution in [0.25, 0.3) is 32.3 Å². The summed E-state index contributed by atoms with van der Waals surface area (Å²) in [6.07, 6.45) is 0.868. The molecule has 0 atom stereocenters. The molecule has 0 saturated heterocycles. The minimum atomic E-state index is -0.382. The molecule has 6 aromatic rings. The Morgan fingerprint density at radius 1 is 0.457 bits per heavy atom. The second kappa shape index (κ2) is 9.14. The molecular formula is C33H28OSi. The highest BCUT2D eigenvalue weighted by Gasteiger charge is 2.39. The molecule has 2 heteroatoms. The van der Waals surface area contributed by atoms with Crippen LogP contribution in [-0.2, 0) is 9.84 Å². The molecule has 170 valence electrons. The van der Waals surface area contributed by atoms with Gasteiger partial charge in [0.25, 0.3) is 0 Å². The first-order chi connectivity index (χ1) is 17.3. The summed E-state index contributed by atoms with van der Waals surface area (Å²) >= 11 is 0. The first-order valence-corrected chi connectivity index (χ1v) is 13.1. The Kier molecular flexibility index (Phi) is 5.69. The summed E-state index contributed by atoms with van der Waals surface area (Å²) in [5.74, 6) is 0. The third kappa shape index (κ3) is 3.58. The summed E-state index contributed by atoms with van der Waals surface area (Å²) in [5.41, 5.74) is 3.62. The molecule has 1 nitrogen and oxygen atoms in total. The van der Waals surface area contributed by atoms with Gasteiger partial charge in [-0.2, -0.15) is 0 Å². The van der Waals surface area contributed by atoms with Crippen molar-refractivity contribution in [2.24, 2.45) is 0 Å². The van der Waals surface area contributed by atoms with Crippen molar-refractivity contribution in [3.63, 3.8) is 0 Å². The molecule has 6 aromatic carbocycles. The summed E-state index contributed by atoms with van der Waals surface area (Å²) < 4.78 is 5.94. The molecular weight excluding hydrogens is 440 g/mol. The van der Waals surface area contributed by atoms with Gasteiger partial charge in [-0.15, -0.1) is 0 Å². The van der Waals surface area contributed by atoms with Gasteiger partial charge in [0.2, 0.25) is 0 Å². The fourth-order valence-electron chi connectivity index (χ4n) is 5.89. The number of benzene rings is 6. The zero-order valence-electron chi connectivity index (χ0n) is 19.9. The van der Waals surface area contributed by atoms with E-state index in [9.17, 15) is 0 Å². The standard InChI is InChI=1S/C33H28OSi/c35-34-23-22-33(30-19-7-13-24-10-1-4-16-27(24)30,31-20-8-14-25-11-2-5-17-28(25)31)32-21-9-15-26-12-3-6-18-29(26)32/h1-21H,22-23H2,35H3. The molecule has 0 fully saturated rings. The number of hydrogen-bond acceptors (Lipinski definition) is 1. The summed E-state index contributed by atoms with van der Waals surface area (Å²) in [4.78, 5) is 0. The molecule has 0 spiro atoms.